The van der Waals surface area contributed by atoms with Crippen molar-refractivity contribution >= 4 is 8.93 Å². The highest BCUT2D eigenvalue weighted by molar-refractivity contribution is 6.34. The molecule has 0 atom stereocenters. The molecule has 0 rings (SSSR count). The van der Waals surface area contributed by atoms with Crippen LogP contribution in [0.2, 0.25) is 6.04 Å². The Morgan fingerprint density at radius 2 is 1.17 bits per heavy atom. The summed E-state index contributed by atoms with van der Waals surface area (Å²) in [4.78, 5) is 0. The highest BCUT2D eigenvalue weighted by Crippen LogP contribution is 2.30. The molecule has 0 bridgehead atoms. The van der Waals surface area contributed by atoms with E-state index in [9.17, 15) is 4.46 Å². The summed E-state index contributed by atoms with van der Waals surface area (Å²) in [6, 6.07) is 0.772. The van der Waals surface area contributed by atoms with E-state index in [1.807, 2.05) is 0 Å². The van der Waals surface area contributed by atoms with Crippen molar-refractivity contribution in [2.45, 2.75) is 117 Å². The lowest BCUT2D eigenvalue weighted by Crippen LogP contribution is -2.11. The molecular weight excluding hydrogens is 300 g/mol. The third-order valence-corrected chi connectivity index (χ3v) is 6.14. The average molecular weight is 343 g/mol. The van der Waals surface area contributed by atoms with Crippen molar-refractivity contribution < 1.29 is 8.89 Å². The minimum atomic E-state index is -1.71. The van der Waals surface area contributed by atoms with Crippen molar-refractivity contribution in [1.29, 1.82) is 0 Å². The molecule has 23 heavy (non-hydrogen) atoms. The maximum atomic E-state index is 11.2. The van der Waals surface area contributed by atoms with Gasteiger partial charge in [-0.3, -0.25) is 0 Å². The van der Waals surface area contributed by atoms with Gasteiger partial charge in [-0.25, -0.2) is 0 Å². The highest BCUT2D eigenvalue weighted by atomic mass is 28.3. The molecular formula is C20H42O2Si. The fourth-order valence-corrected chi connectivity index (χ4v) is 3.93. The zero-order valence-electron chi connectivity index (χ0n) is 16.4. The van der Waals surface area contributed by atoms with E-state index in [2.05, 4.69) is 20.8 Å². The molecule has 3 heteroatoms. The van der Waals surface area contributed by atoms with Gasteiger partial charge in [-0.2, -0.15) is 0 Å². The average Bonchev–Trinajstić information content (AvgIpc) is 2.53. The number of hydrogen-bond donors (Lipinski definition) is 0. The topological polar surface area (TPSA) is 26.3 Å². The first-order valence-electron chi connectivity index (χ1n) is 10.1. The van der Waals surface area contributed by atoms with Crippen LogP contribution in [0.4, 0.5) is 0 Å². The van der Waals surface area contributed by atoms with Crippen molar-refractivity contribution in [3.63, 3.8) is 0 Å². The molecule has 0 aliphatic carbocycles. The first-order valence-corrected chi connectivity index (χ1v) is 11.6. The van der Waals surface area contributed by atoms with Crippen LogP contribution in [0.5, 0.6) is 0 Å². The summed E-state index contributed by atoms with van der Waals surface area (Å²) in [5.41, 5.74) is 0.548. The molecule has 0 unspecified atom stereocenters. The van der Waals surface area contributed by atoms with Gasteiger partial charge in [-0.1, -0.05) is 91.4 Å². The van der Waals surface area contributed by atoms with Crippen LogP contribution in [0.15, 0.2) is 0 Å². The Kier molecular flexibility index (Phi) is 15.2. The monoisotopic (exact) mass is 342 g/mol. The van der Waals surface area contributed by atoms with Crippen molar-refractivity contribution in [3.05, 3.63) is 0 Å². The second-order valence-corrected chi connectivity index (χ2v) is 9.53. The van der Waals surface area contributed by atoms with Crippen LogP contribution in [0, 0.1) is 5.41 Å². The lowest BCUT2D eigenvalue weighted by atomic mass is 9.82. The van der Waals surface area contributed by atoms with E-state index in [4.69, 9.17) is 4.43 Å². The largest absolute Gasteiger partial charge is 0.527 e. The van der Waals surface area contributed by atoms with Gasteiger partial charge in [0.25, 0.3) is 0 Å². The van der Waals surface area contributed by atoms with Gasteiger partial charge in [0.05, 0.1) is 7.11 Å². The van der Waals surface area contributed by atoms with Gasteiger partial charge in [0.1, 0.15) is 0 Å². The SMILES string of the molecule is CCCCCCC(C)(C)CCCCCCCCCC[Si](=O)OC. The summed E-state index contributed by atoms with van der Waals surface area (Å²) in [6.45, 7) is 7.18. The van der Waals surface area contributed by atoms with Gasteiger partial charge in [0.15, 0.2) is 0 Å². The fraction of sp³-hybridized carbons (Fsp3) is 1.00. The van der Waals surface area contributed by atoms with Crippen LogP contribution >= 0.6 is 0 Å². The summed E-state index contributed by atoms with van der Waals surface area (Å²) < 4.78 is 16.0. The Morgan fingerprint density at radius 3 is 1.65 bits per heavy atom. The van der Waals surface area contributed by atoms with E-state index in [0.717, 1.165) is 12.5 Å². The standard InChI is InChI=1S/C20H42O2Si/c1-5-6-7-14-17-20(2,3)18-15-12-10-8-9-11-13-16-19-23(21)22-4/h5-19H2,1-4H3. The molecule has 0 heterocycles. The normalized spacial score (nSPS) is 11.7. The molecule has 0 saturated heterocycles. The molecule has 0 saturated carbocycles. The maximum absolute atomic E-state index is 11.2. The molecule has 0 amide bonds. The highest BCUT2D eigenvalue weighted by Gasteiger charge is 2.16. The predicted molar refractivity (Wildman–Crippen MR) is 102 cm³/mol. The minimum Gasteiger partial charge on any atom is -0.527 e. The van der Waals surface area contributed by atoms with Crippen LogP contribution in [-0.4, -0.2) is 16.0 Å². The van der Waals surface area contributed by atoms with E-state index in [1.165, 1.54) is 83.5 Å². The maximum Gasteiger partial charge on any atom is 0.502 e. The van der Waals surface area contributed by atoms with Gasteiger partial charge in [-0.05, 0) is 24.7 Å². The van der Waals surface area contributed by atoms with Crippen molar-refractivity contribution in [3.8, 4) is 0 Å². The third-order valence-electron chi connectivity index (χ3n) is 4.92. The summed E-state index contributed by atoms with van der Waals surface area (Å²) in [7, 11) is -0.158. The Morgan fingerprint density at radius 1 is 0.739 bits per heavy atom. The molecule has 138 valence electrons. The number of hydrogen-bond acceptors (Lipinski definition) is 2. The summed E-state index contributed by atoms with van der Waals surface area (Å²) in [5.74, 6) is 0. The van der Waals surface area contributed by atoms with Crippen molar-refractivity contribution in [2.75, 3.05) is 7.11 Å². The first kappa shape index (κ1) is 22.8. The lowest BCUT2D eigenvalue weighted by molar-refractivity contribution is 0.282. The van der Waals surface area contributed by atoms with Crippen LogP contribution < -0.4 is 0 Å². The predicted octanol–water partition coefficient (Wildman–Crippen LogP) is 7.06. The Bertz CT molecular complexity index is 277. The van der Waals surface area contributed by atoms with E-state index in [-0.39, 0.29) is 0 Å². The quantitative estimate of drug-likeness (QED) is 0.209. The van der Waals surface area contributed by atoms with Crippen LogP contribution in [-0.2, 0) is 8.89 Å². The molecule has 0 radical (unpaired) electrons. The molecule has 2 nitrogen and oxygen atoms in total. The van der Waals surface area contributed by atoms with Crippen LogP contribution in [0.1, 0.15) is 111 Å². The Hall–Kier alpha value is -0.183. The Balaban J connectivity index is 3.32. The van der Waals surface area contributed by atoms with Gasteiger partial charge in [-0.15, -0.1) is 0 Å². The molecule has 0 aromatic rings. The first-order chi connectivity index (χ1) is 11.0. The van der Waals surface area contributed by atoms with E-state index < -0.39 is 8.93 Å². The molecule has 0 aromatic carbocycles. The zero-order chi connectivity index (χ0) is 17.4. The van der Waals surface area contributed by atoms with Gasteiger partial charge >= 0.3 is 8.93 Å². The fourth-order valence-electron chi connectivity index (χ4n) is 3.19. The van der Waals surface area contributed by atoms with Gasteiger partial charge in [0.2, 0.25) is 0 Å². The van der Waals surface area contributed by atoms with Crippen molar-refractivity contribution in [2.24, 2.45) is 5.41 Å². The van der Waals surface area contributed by atoms with E-state index in [1.54, 1.807) is 7.11 Å². The van der Waals surface area contributed by atoms with E-state index >= 15 is 0 Å². The molecule has 0 spiro atoms. The third kappa shape index (κ3) is 16.5. The molecule has 0 aliphatic heterocycles. The minimum absolute atomic E-state index is 0.548. The second-order valence-electron chi connectivity index (χ2n) is 7.88. The van der Waals surface area contributed by atoms with E-state index in [0.29, 0.717) is 5.41 Å². The number of unbranched alkanes of at least 4 members (excludes halogenated alkanes) is 10. The van der Waals surface area contributed by atoms with Crippen molar-refractivity contribution in [1.82, 2.24) is 0 Å². The summed E-state index contributed by atoms with van der Waals surface area (Å²) >= 11 is 0. The van der Waals surface area contributed by atoms with Gasteiger partial charge < -0.3 is 8.89 Å². The zero-order valence-corrected chi connectivity index (χ0v) is 17.4. The molecule has 0 N–H and O–H groups in total. The number of rotatable bonds is 17. The smallest absolute Gasteiger partial charge is 0.502 e. The second kappa shape index (κ2) is 15.4. The van der Waals surface area contributed by atoms with Crippen LogP contribution in [0.3, 0.4) is 0 Å². The lowest BCUT2D eigenvalue weighted by Gasteiger charge is -2.24. The Labute approximate surface area is 147 Å². The molecule has 0 aliphatic rings. The van der Waals surface area contributed by atoms with Crippen LogP contribution in [0.25, 0.3) is 0 Å². The molecule has 0 fully saturated rings. The molecule has 0 aromatic heterocycles. The summed E-state index contributed by atoms with van der Waals surface area (Å²) in [6.07, 6.45) is 18.8. The summed E-state index contributed by atoms with van der Waals surface area (Å²) in [5, 5.41) is 0. The van der Waals surface area contributed by atoms with Gasteiger partial charge in [0, 0.05) is 6.04 Å².